The van der Waals surface area contributed by atoms with Crippen LogP contribution in [0.1, 0.15) is 33.1 Å². The summed E-state index contributed by atoms with van der Waals surface area (Å²) in [4.78, 5) is 0.0525. The molecule has 0 aromatic carbocycles. The van der Waals surface area contributed by atoms with Gasteiger partial charge in [-0.05, 0) is 26.2 Å². The zero-order valence-corrected chi connectivity index (χ0v) is 10.8. The Morgan fingerprint density at radius 1 is 1.60 bits per heavy atom. The number of rotatable bonds is 6. The Balaban J connectivity index is 2.85. The third kappa shape index (κ3) is 2.89. The normalized spacial score (nSPS) is 19.1. The average Bonchev–Trinajstić information content (AvgIpc) is 2.95. The lowest BCUT2D eigenvalue weighted by atomic mass is 10.5. The van der Waals surface area contributed by atoms with Crippen molar-refractivity contribution in [3.63, 3.8) is 0 Å². The molecule has 6 heteroatoms. The maximum atomic E-state index is 12.1. The van der Waals surface area contributed by atoms with Crippen LogP contribution in [0, 0.1) is 0 Å². The molecule has 0 bridgehead atoms. The van der Waals surface area contributed by atoms with Gasteiger partial charge in [0.1, 0.15) is 5.25 Å². The standard InChI is InChI=1S/C9H18N2O2S2/c1-3-6-11(8-4-5-8)15(12,13)7(2)9(10)14/h7-8H,3-6H2,1-2H3,(H2,10,14). The largest absolute Gasteiger partial charge is 0.392 e. The number of thiocarbonyl (C=S) groups is 1. The molecule has 0 heterocycles. The van der Waals surface area contributed by atoms with Gasteiger partial charge < -0.3 is 5.73 Å². The quantitative estimate of drug-likeness (QED) is 0.710. The summed E-state index contributed by atoms with van der Waals surface area (Å²) in [7, 11) is -3.33. The molecule has 4 nitrogen and oxygen atoms in total. The summed E-state index contributed by atoms with van der Waals surface area (Å²) in [5.74, 6) is 0. The number of nitrogens with zero attached hydrogens (tertiary/aromatic N) is 1. The topological polar surface area (TPSA) is 63.4 Å². The van der Waals surface area contributed by atoms with E-state index in [1.807, 2.05) is 6.92 Å². The first kappa shape index (κ1) is 12.9. The zero-order valence-electron chi connectivity index (χ0n) is 9.14. The van der Waals surface area contributed by atoms with Gasteiger partial charge in [0, 0.05) is 12.6 Å². The van der Waals surface area contributed by atoms with Crippen LogP contribution in [0.5, 0.6) is 0 Å². The van der Waals surface area contributed by atoms with Crippen molar-refractivity contribution in [2.75, 3.05) is 6.54 Å². The molecule has 1 aliphatic rings. The Kier molecular flexibility index (Phi) is 4.08. The highest BCUT2D eigenvalue weighted by atomic mass is 32.2. The van der Waals surface area contributed by atoms with Crippen molar-refractivity contribution < 1.29 is 8.42 Å². The summed E-state index contributed by atoms with van der Waals surface area (Å²) >= 11 is 4.75. The Labute approximate surface area is 96.9 Å². The van der Waals surface area contributed by atoms with Crippen LogP contribution in [0.4, 0.5) is 0 Å². The highest BCUT2D eigenvalue weighted by molar-refractivity contribution is 7.92. The maximum absolute atomic E-state index is 12.1. The van der Waals surface area contributed by atoms with E-state index >= 15 is 0 Å². The zero-order chi connectivity index (χ0) is 11.6. The number of sulfonamides is 1. The van der Waals surface area contributed by atoms with E-state index in [2.05, 4.69) is 0 Å². The fourth-order valence-corrected chi connectivity index (χ4v) is 3.58. The third-order valence-corrected chi connectivity index (χ3v) is 5.36. The smallest absolute Gasteiger partial charge is 0.223 e. The van der Waals surface area contributed by atoms with E-state index in [1.54, 1.807) is 11.2 Å². The van der Waals surface area contributed by atoms with Gasteiger partial charge in [0.15, 0.2) is 0 Å². The van der Waals surface area contributed by atoms with Crippen LogP contribution < -0.4 is 5.73 Å². The summed E-state index contributed by atoms with van der Waals surface area (Å²) in [6.45, 7) is 4.10. The van der Waals surface area contributed by atoms with Crippen LogP contribution in [0.15, 0.2) is 0 Å². The van der Waals surface area contributed by atoms with Gasteiger partial charge in [-0.1, -0.05) is 19.1 Å². The molecule has 1 unspecified atom stereocenters. The van der Waals surface area contributed by atoms with Crippen LogP contribution in [-0.2, 0) is 10.0 Å². The van der Waals surface area contributed by atoms with Crippen molar-refractivity contribution in [3.8, 4) is 0 Å². The monoisotopic (exact) mass is 250 g/mol. The molecule has 88 valence electrons. The summed E-state index contributed by atoms with van der Waals surface area (Å²) < 4.78 is 25.8. The Morgan fingerprint density at radius 2 is 2.13 bits per heavy atom. The fraction of sp³-hybridized carbons (Fsp3) is 0.889. The van der Waals surface area contributed by atoms with Crippen LogP contribution in [0.25, 0.3) is 0 Å². The molecule has 0 aliphatic heterocycles. The van der Waals surface area contributed by atoms with Crippen LogP contribution in [-0.4, -0.2) is 35.5 Å². The van der Waals surface area contributed by atoms with Crippen molar-refractivity contribution >= 4 is 27.2 Å². The molecule has 1 aliphatic carbocycles. The summed E-state index contributed by atoms with van der Waals surface area (Å²) in [6, 6.07) is 0.187. The molecule has 0 aromatic rings. The second-order valence-electron chi connectivity index (χ2n) is 3.93. The van der Waals surface area contributed by atoms with Crippen molar-refractivity contribution in [2.45, 2.75) is 44.4 Å². The van der Waals surface area contributed by atoms with E-state index in [4.69, 9.17) is 18.0 Å². The minimum absolute atomic E-state index is 0.0525. The van der Waals surface area contributed by atoms with Gasteiger partial charge in [0.05, 0.1) is 4.99 Å². The summed E-state index contributed by atoms with van der Waals surface area (Å²) in [6.07, 6.45) is 2.74. The van der Waals surface area contributed by atoms with Gasteiger partial charge in [-0.2, -0.15) is 4.31 Å². The van der Waals surface area contributed by atoms with Crippen LogP contribution in [0.2, 0.25) is 0 Å². The molecular formula is C9H18N2O2S2. The van der Waals surface area contributed by atoms with Crippen LogP contribution in [0.3, 0.4) is 0 Å². The van der Waals surface area contributed by atoms with Gasteiger partial charge in [0.25, 0.3) is 0 Å². The minimum atomic E-state index is -3.33. The predicted octanol–water partition coefficient (Wildman–Crippen LogP) is 0.865. The van der Waals surface area contributed by atoms with Crippen LogP contribution >= 0.6 is 12.2 Å². The van der Waals surface area contributed by atoms with E-state index in [0.29, 0.717) is 6.54 Å². The molecule has 0 amide bonds. The molecule has 1 atom stereocenters. The first-order chi connectivity index (χ1) is 6.91. The maximum Gasteiger partial charge on any atom is 0.223 e. The Bertz CT molecular complexity index is 336. The molecule has 0 radical (unpaired) electrons. The number of hydrogen-bond acceptors (Lipinski definition) is 3. The van der Waals surface area contributed by atoms with Crippen molar-refractivity contribution in [1.29, 1.82) is 0 Å². The molecule has 1 rings (SSSR count). The fourth-order valence-electron chi connectivity index (χ4n) is 1.45. The lowest BCUT2D eigenvalue weighted by Gasteiger charge is -2.24. The lowest BCUT2D eigenvalue weighted by molar-refractivity contribution is 0.401. The number of hydrogen-bond donors (Lipinski definition) is 1. The highest BCUT2D eigenvalue weighted by Crippen LogP contribution is 2.30. The first-order valence-corrected chi connectivity index (χ1v) is 7.12. The first-order valence-electron chi connectivity index (χ1n) is 5.21. The molecule has 15 heavy (non-hydrogen) atoms. The molecule has 0 saturated heterocycles. The van der Waals surface area contributed by atoms with Crippen molar-refractivity contribution in [3.05, 3.63) is 0 Å². The van der Waals surface area contributed by atoms with Gasteiger partial charge >= 0.3 is 0 Å². The molecule has 0 aromatic heterocycles. The molecule has 2 N–H and O–H groups in total. The third-order valence-electron chi connectivity index (χ3n) is 2.57. The van der Waals surface area contributed by atoms with E-state index in [9.17, 15) is 8.42 Å². The highest BCUT2D eigenvalue weighted by Gasteiger charge is 2.39. The number of nitrogens with two attached hydrogens (primary N) is 1. The van der Waals surface area contributed by atoms with E-state index < -0.39 is 15.3 Å². The van der Waals surface area contributed by atoms with E-state index in [1.165, 1.54) is 0 Å². The lowest BCUT2D eigenvalue weighted by Crippen LogP contribution is -2.44. The van der Waals surface area contributed by atoms with Gasteiger partial charge in [-0.25, -0.2) is 8.42 Å². The summed E-state index contributed by atoms with van der Waals surface area (Å²) in [5.41, 5.74) is 5.40. The van der Waals surface area contributed by atoms with Crippen molar-refractivity contribution in [2.24, 2.45) is 5.73 Å². The minimum Gasteiger partial charge on any atom is -0.392 e. The molecular weight excluding hydrogens is 232 g/mol. The van der Waals surface area contributed by atoms with E-state index in [-0.39, 0.29) is 11.0 Å². The average molecular weight is 250 g/mol. The Morgan fingerprint density at radius 3 is 2.47 bits per heavy atom. The molecule has 1 fully saturated rings. The second kappa shape index (κ2) is 4.76. The van der Waals surface area contributed by atoms with Crippen molar-refractivity contribution in [1.82, 2.24) is 4.31 Å². The van der Waals surface area contributed by atoms with E-state index in [0.717, 1.165) is 19.3 Å². The SMILES string of the molecule is CCCN(C1CC1)S(=O)(=O)C(C)C(N)=S. The second-order valence-corrected chi connectivity index (χ2v) is 6.61. The Hall–Kier alpha value is -0.200. The molecule has 0 spiro atoms. The van der Waals surface area contributed by atoms with Gasteiger partial charge in [0.2, 0.25) is 10.0 Å². The van der Waals surface area contributed by atoms with Gasteiger partial charge in [-0.3, -0.25) is 0 Å². The predicted molar refractivity (Wildman–Crippen MR) is 65.2 cm³/mol. The van der Waals surface area contributed by atoms with Gasteiger partial charge in [-0.15, -0.1) is 0 Å². The summed E-state index contributed by atoms with van der Waals surface area (Å²) in [5, 5.41) is -0.750. The molecule has 1 saturated carbocycles.